The topological polar surface area (TPSA) is 41.6 Å². The SMILES string of the molecule is CCN1CCCC(C(C)Nc2cccc(C(=O)OC)c2)C1. The van der Waals surface area contributed by atoms with Gasteiger partial charge in [0.1, 0.15) is 0 Å². The fraction of sp³-hybridized carbons (Fsp3) is 0.588. The Balaban J connectivity index is 1.98. The van der Waals surface area contributed by atoms with Crippen molar-refractivity contribution in [1.82, 2.24) is 4.90 Å². The molecule has 0 aliphatic carbocycles. The minimum absolute atomic E-state index is 0.291. The van der Waals surface area contributed by atoms with Crippen molar-refractivity contribution in [2.75, 3.05) is 32.1 Å². The molecule has 1 aromatic carbocycles. The number of benzene rings is 1. The van der Waals surface area contributed by atoms with E-state index in [1.165, 1.54) is 26.5 Å². The molecule has 0 spiro atoms. The van der Waals surface area contributed by atoms with Gasteiger partial charge in [-0.15, -0.1) is 0 Å². The number of likely N-dealkylation sites (tertiary alicyclic amines) is 1. The van der Waals surface area contributed by atoms with Gasteiger partial charge in [-0.2, -0.15) is 0 Å². The Kier molecular flexibility index (Phi) is 5.62. The molecule has 21 heavy (non-hydrogen) atoms. The molecule has 0 radical (unpaired) electrons. The third-order valence-electron chi connectivity index (χ3n) is 4.37. The third-order valence-corrected chi connectivity index (χ3v) is 4.37. The molecule has 1 heterocycles. The molecule has 0 saturated carbocycles. The molecule has 2 rings (SSSR count). The van der Waals surface area contributed by atoms with Gasteiger partial charge in [0.05, 0.1) is 12.7 Å². The molecule has 4 nitrogen and oxygen atoms in total. The normalized spacial score (nSPS) is 20.8. The van der Waals surface area contributed by atoms with Gasteiger partial charge in [-0.3, -0.25) is 0 Å². The fourth-order valence-electron chi connectivity index (χ4n) is 3.02. The quantitative estimate of drug-likeness (QED) is 0.846. The number of rotatable bonds is 5. The predicted octanol–water partition coefficient (Wildman–Crippen LogP) is 3.01. The molecule has 2 unspecified atom stereocenters. The number of piperidine rings is 1. The van der Waals surface area contributed by atoms with Crippen LogP contribution in [0.5, 0.6) is 0 Å². The van der Waals surface area contributed by atoms with E-state index in [4.69, 9.17) is 4.74 Å². The molecule has 0 amide bonds. The summed E-state index contributed by atoms with van der Waals surface area (Å²) in [5.74, 6) is 0.363. The number of carbonyl (C=O) groups is 1. The molecular formula is C17H26N2O2. The van der Waals surface area contributed by atoms with Gasteiger partial charge in [-0.05, 0) is 57.0 Å². The summed E-state index contributed by atoms with van der Waals surface area (Å²) in [6.45, 7) is 7.95. The number of methoxy groups -OCH3 is 1. The van der Waals surface area contributed by atoms with Crippen molar-refractivity contribution in [3.63, 3.8) is 0 Å². The van der Waals surface area contributed by atoms with E-state index in [9.17, 15) is 4.79 Å². The van der Waals surface area contributed by atoms with Crippen LogP contribution in [0.2, 0.25) is 0 Å². The summed E-state index contributed by atoms with van der Waals surface area (Å²) < 4.78 is 4.77. The highest BCUT2D eigenvalue weighted by Crippen LogP contribution is 2.22. The van der Waals surface area contributed by atoms with Crippen LogP contribution in [0.4, 0.5) is 5.69 Å². The van der Waals surface area contributed by atoms with Gasteiger partial charge >= 0.3 is 5.97 Å². The van der Waals surface area contributed by atoms with E-state index in [1.54, 1.807) is 6.07 Å². The molecule has 116 valence electrons. The fourth-order valence-corrected chi connectivity index (χ4v) is 3.02. The van der Waals surface area contributed by atoms with Crippen LogP contribution in [0.25, 0.3) is 0 Å². The van der Waals surface area contributed by atoms with Crippen LogP contribution in [0, 0.1) is 5.92 Å². The summed E-state index contributed by atoms with van der Waals surface area (Å²) >= 11 is 0. The van der Waals surface area contributed by atoms with Gasteiger partial charge < -0.3 is 15.0 Å². The van der Waals surface area contributed by atoms with Crippen molar-refractivity contribution in [2.24, 2.45) is 5.92 Å². The number of ether oxygens (including phenoxy) is 1. The van der Waals surface area contributed by atoms with Crippen LogP contribution < -0.4 is 5.32 Å². The van der Waals surface area contributed by atoms with E-state index < -0.39 is 0 Å². The molecule has 1 fully saturated rings. The van der Waals surface area contributed by atoms with E-state index in [0.717, 1.165) is 18.8 Å². The summed E-state index contributed by atoms with van der Waals surface area (Å²) in [7, 11) is 1.41. The Morgan fingerprint density at radius 1 is 1.52 bits per heavy atom. The lowest BCUT2D eigenvalue weighted by Crippen LogP contribution is -2.41. The smallest absolute Gasteiger partial charge is 0.337 e. The summed E-state index contributed by atoms with van der Waals surface area (Å²) in [5, 5.41) is 3.54. The zero-order valence-corrected chi connectivity index (χ0v) is 13.3. The lowest BCUT2D eigenvalue weighted by molar-refractivity contribution is 0.0601. The first-order valence-electron chi connectivity index (χ1n) is 7.81. The minimum Gasteiger partial charge on any atom is -0.465 e. The Labute approximate surface area is 127 Å². The number of carbonyl (C=O) groups excluding carboxylic acids is 1. The molecule has 1 aromatic rings. The number of anilines is 1. The van der Waals surface area contributed by atoms with Gasteiger partial charge in [-0.1, -0.05) is 13.0 Å². The number of nitrogens with zero attached hydrogens (tertiary/aromatic N) is 1. The molecule has 1 aliphatic heterocycles. The molecular weight excluding hydrogens is 264 g/mol. The lowest BCUT2D eigenvalue weighted by atomic mass is 9.91. The number of hydrogen-bond donors (Lipinski definition) is 1. The van der Waals surface area contributed by atoms with Gasteiger partial charge in [-0.25, -0.2) is 4.79 Å². The number of esters is 1. The van der Waals surface area contributed by atoms with Crippen molar-refractivity contribution >= 4 is 11.7 Å². The first kappa shape index (κ1) is 15.8. The standard InChI is InChI=1S/C17H26N2O2/c1-4-19-10-6-8-15(12-19)13(2)18-16-9-5-7-14(11-16)17(20)21-3/h5,7,9,11,13,15,18H,4,6,8,10,12H2,1-3H3. The molecule has 1 saturated heterocycles. The first-order valence-corrected chi connectivity index (χ1v) is 7.81. The molecule has 4 heteroatoms. The Bertz CT molecular complexity index is 476. The molecule has 0 bridgehead atoms. The first-order chi connectivity index (χ1) is 10.1. The van der Waals surface area contributed by atoms with E-state index in [-0.39, 0.29) is 5.97 Å². The highest BCUT2D eigenvalue weighted by atomic mass is 16.5. The largest absolute Gasteiger partial charge is 0.465 e. The van der Waals surface area contributed by atoms with E-state index >= 15 is 0 Å². The Hall–Kier alpha value is -1.55. The number of nitrogens with one attached hydrogen (secondary N) is 1. The van der Waals surface area contributed by atoms with E-state index in [1.807, 2.05) is 18.2 Å². The van der Waals surface area contributed by atoms with Crippen molar-refractivity contribution in [1.29, 1.82) is 0 Å². The average Bonchev–Trinajstić information content (AvgIpc) is 2.54. The Morgan fingerprint density at radius 2 is 2.33 bits per heavy atom. The van der Waals surface area contributed by atoms with Crippen molar-refractivity contribution in [2.45, 2.75) is 32.7 Å². The van der Waals surface area contributed by atoms with Crippen LogP contribution in [-0.2, 0) is 4.74 Å². The molecule has 1 aliphatic rings. The highest BCUT2D eigenvalue weighted by Gasteiger charge is 2.23. The molecule has 2 atom stereocenters. The second-order valence-electron chi connectivity index (χ2n) is 5.80. The maximum absolute atomic E-state index is 11.6. The zero-order valence-electron chi connectivity index (χ0n) is 13.3. The highest BCUT2D eigenvalue weighted by molar-refractivity contribution is 5.90. The van der Waals surface area contributed by atoms with Gasteiger partial charge in [0.25, 0.3) is 0 Å². The Morgan fingerprint density at radius 3 is 3.05 bits per heavy atom. The van der Waals surface area contributed by atoms with Crippen LogP contribution in [0.3, 0.4) is 0 Å². The molecule has 1 N–H and O–H groups in total. The van der Waals surface area contributed by atoms with Crippen LogP contribution in [0.1, 0.15) is 37.0 Å². The summed E-state index contributed by atoms with van der Waals surface area (Å²) in [4.78, 5) is 14.1. The maximum atomic E-state index is 11.6. The van der Waals surface area contributed by atoms with Crippen molar-refractivity contribution < 1.29 is 9.53 Å². The lowest BCUT2D eigenvalue weighted by Gasteiger charge is -2.35. The summed E-state index contributed by atoms with van der Waals surface area (Å²) in [5.41, 5.74) is 1.58. The van der Waals surface area contributed by atoms with E-state index in [2.05, 4.69) is 24.1 Å². The monoisotopic (exact) mass is 290 g/mol. The third kappa shape index (κ3) is 4.21. The zero-order chi connectivity index (χ0) is 15.2. The second-order valence-corrected chi connectivity index (χ2v) is 5.80. The number of hydrogen-bond acceptors (Lipinski definition) is 4. The van der Waals surface area contributed by atoms with Gasteiger partial charge in [0.15, 0.2) is 0 Å². The predicted molar refractivity (Wildman–Crippen MR) is 85.7 cm³/mol. The average molecular weight is 290 g/mol. The van der Waals surface area contributed by atoms with Crippen LogP contribution in [0.15, 0.2) is 24.3 Å². The van der Waals surface area contributed by atoms with E-state index in [0.29, 0.717) is 17.5 Å². The van der Waals surface area contributed by atoms with Gasteiger partial charge in [0.2, 0.25) is 0 Å². The van der Waals surface area contributed by atoms with Crippen molar-refractivity contribution in [3.8, 4) is 0 Å². The maximum Gasteiger partial charge on any atom is 0.337 e. The van der Waals surface area contributed by atoms with Crippen LogP contribution >= 0.6 is 0 Å². The van der Waals surface area contributed by atoms with Crippen molar-refractivity contribution in [3.05, 3.63) is 29.8 Å². The second kappa shape index (κ2) is 7.46. The minimum atomic E-state index is -0.291. The van der Waals surface area contributed by atoms with Gasteiger partial charge in [0, 0.05) is 18.3 Å². The van der Waals surface area contributed by atoms with Crippen LogP contribution in [-0.4, -0.2) is 43.7 Å². The molecule has 0 aromatic heterocycles. The summed E-state index contributed by atoms with van der Waals surface area (Å²) in [6.07, 6.45) is 2.54. The summed E-state index contributed by atoms with van der Waals surface area (Å²) in [6, 6.07) is 7.93.